The summed E-state index contributed by atoms with van der Waals surface area (Å²) < 4.78 is 8.74. The van der Waals surface area contributed by atoms with Gasteiger partial charge in [-0.2, -0.15) is 0 Å². The molecule has 2 rings (SSSR count). The van der Waals surface area contributed by atoms with Crippen LogP contribution in [0.4, 0.5) is 0 Å². The van der Waals surface area contributed by atoms with Crippen LogP contribution in [0, 0.1) is 27.7 Å². The van der Waals surface area contributed by atoms with Crippen molar-refractivity contribution in [2.24, 2.45) is 0 Å². The molecule has 0 fully saturated rings. The van der Waals surface area contributed by atoms with E-state index in [4.69, 9.17) is 14.4 Å². The fourth-order valence-electron chi connectivity index (χ4n) is 1.33. The summed E-state index contributed by atoms with van der Waals surface area (Å²) in [6, 6.07) is 16.7. The highest BCUT2D eigenvalue weighted by atomic mass is 31.1. The Morgan fingerprint density at radius 2 is 0.800 bits per heavy atom. The normalized spacial score (nSPS) is 9.15. The van der Waals surface area contributed by atoms with Gasteiger partial charge in [0.2, 0.25) is 0 Å². The first-order valence-electron chi connectivity index (χ1n) is 6.31. The molecule has 0 aromatic heterocycles. The number of benzene rings is 2. The predicted octanol–water partition coefficient (Wildman–Crippen LogP) is 3.97. The van der Waals surface area contributed by atoms with Crippen molar-refractivity contribution >= 4 is 8.25 Å². The number of hydrogen-bond acceptors (Lipinski definition) is 1. The molecule has 0 bridgehead atoms. The summed E-state index contributed by atoms with van der Waals surface area (Å²) in [5.41, 5.74) is 5.47. The fraction of sp³-hybridized carbons (Fsp3) is 0.250. The maximum atomic E-state index is 8.74. The smallest absolute Gasteiger partial charge is 0.314 e. The van der Waals surface area contributed by atoms with E-state index in [-0.39, 0.29) is 0 Å². The number of aryl methyl sites for hydroxylation is 4. The summed E-state index contributed by atoms with van der Waals surface area (Å²) >= 11 is 0. The molecule has 0 saturated heterocycles. The minimum absolute atomic E-state index is 1.37. The lowest BCUT2D eigenvalue weighted by Gasteiger charge is -1.93. The Kier molecular flexibility index (Phi) is 9.65. The molecule has 0 unspecified atom stereocenters. The van der Waals surface area contributed by atoms with E-state index in [2.05, 4.69) is 76.2 Å². The van der Waals surface area contributed by atoms with Crippen LogP contribution in [0.1, 0.15) is 22.3 Å². The topological polar surface area (TPSA) is 57.5 Å². The van der Waals surface area contributed by atoms with Crippen LogP contribution in [0.15, 0.2) is 48.5 Å². The molecule has 0 aliphatic heterocycles. The van der Waals surface area contributed by atoms with E-state index in [0.29, 0.717) is 0 Å². The molecular weight excluding hydrogens is 271 g/mol. The Hall–Kier alpha value is -1.41. The van der Waals surface area contributed by atoms with Gasteiger partial charge in [-0.1, -0.05) is 48.5 Å². The highest BCUT2D eigenvalue weighted by Gasteiger charge is 1.84. The number of rotatable bonds is 0. The molecule has 110 valence electrons. The van der Waals surface area contributed by atoms with Gasteiger partial charge >= 0.3 is 8.25 Å². The van der Waals surface area contributed by atoms with Gasteiger partial charge in [-0.15, -0.1) is 0 Å². The standard InChI is InChI=1S/2C8H10.H3O3P/c2*1-7-5-3-4-6-8(7)2;1-4(2)3/h2*3-6H,1-2H3;4H,(H2,1,2,3). The molecule has 3 nitrogen and oxygen atoms in total. The van der Waals surface area contributed by atoms with Crippen LogP contribution >= 0.6 is 8.25 Å². The molecule has 0 saturated carbocycles. The molecule has 4 heteroatoms. The predicted molar refractivity (Wildman–Crippen MR) is 85.3 cm³/mol. The van der Waals surface area contributed by atoms with Gasteiger partial charge in [-0.05, 0) is 49.9 Å². The summed E-state index contributed by atoms with van der Waals surface area (Å²) in [6.07, 6.45) is 0. The minimum Gasteiger partial charge on any atom is -0.326 e. The van der Waals surface area contributed by atoms with Crippen molar-refractivity contribution in [2.45, 2.75) is 27.7 Å². The van der Waals surface area contributed by atoms with Crippen molar-refractivity contribution in [2.75, 3.05) is 0 Å². The van der Waals surface area contributed by atoms with E-state index < -0.39 is 8.25 Å². The summed E-state index contributed by atoms with van der Waals surface area (Å²) in [4.78, 5) is 14.3. The van der Waals surface area contributed by atoms with Crippen molar-refractivity contribution in [1.82, 2.24) is 0 Å². The van der Waals surface area contributed by atoms with Gasteiger partial charge in [-0.25, -0.2) is 0 Å². The molecule has 0 aliphatic carbocycles. The molecule has 0 aliphatic rings. The molecule has 20 heavy (non-hydrogen) atoms. The number of hydrogen-bond donors (Lipinski definition) is 2. The molecule has 0 radical (unpaired) electrons. The SMILES string of the molecule is Cc1ccccc1C.Cc1ccccc1C.O=[PH](O)O. The third kappa shape index (κ3) is 9.51. The Bertz CT molecular complexity index is 449. The van der Waals surface area contributed by atoms with E-state index in [0.717, 1.165) is 0 Å². The third-order valence-electron chi connectivity index (χ3n) is 2.85. The van der Waals surface area contributed by atoms with Gasteiger partial charge in [0, 0.05) is 0 Å². The second kappa shape index (κ2) is 10.4. The van der Waals surface area contributed by atoms with Gasteiger partial charge in [0.05, 0.1) is 0 Å². The molecule has 0 spiro atoms. The summed E-state index contributed by atoms with van der Waals surface area (Å²) in [5.74, 6) is 0. The molecule has 0 heterocycles. The molecule has 2 N–H and O–H groups in total. The van der Waals surface area contributed by atoms with Crippen molar-refractivity contribution in [1.29, 1.82) is 0 Å². The van der Waals surface area contributed by atoms with Crippen LogP contribution in [-0.2, 0) is 4.57 Å². The molecular formula is C16H23O3P. The van der Waals surface area contributed by atoms with Crippen molar-refractivity contribution in [3.05, 3.63) is 70.8 Å². The first kappa shape index (κ1) is 18.6. The average Bonchev–Trinajstić information content (AvgIpc) is 2.37. The third-order valence-corrected chi connectivity index (χ3v) is 2.85. The average molecular weight is 294 g/mol. The van der Waals surface area contributed by atoms with Crippen LogP contribution in [0.3, 0.4) is 0 Å². The molecule has 0 amide bonds. The first-order valence-corrected chi connectivity index (χ1v) is 7.61. The zero-order valence-electron chi connectivity index (χ0n) is 12.4. The Morgan fingerprint density at radius 1 is 0.650 bits per heavy atom. The van der Waals surface area contributed by atoms with Crippen molar-refractivity contribution in [3.8, 4) is 0 Å². The fourth-order valence-corrected chi connectivity index (χ4v) is 1.33. The van der Waals surface area contributed by atoms with Gasteiger partial charge in [0.15, 0.2) is 0 Å². The summed E-state index contributed by atoms with van der Waals surface area (Å²) in [7, 11) is -3.13. The largest absolute Gasteiger partial charge is 0.326 e. The highest BCUT2D eigenvalue weighted by Crippen LogP contribution is 2.03. The molecule has 0 atom stereocenters. The maximum absolute atomic E-state index is 8.74. The lowest BCUT2D eigenvalue weighted by atomic mass is 10.1. The monoisotopic (exact) mass is 294 g/mol. The van der Waals surface area contributed by atoms with Crippen molar-refractivity contribution in [3.63, 3.8) is 0 Å². The van der Waals surface area contributed by atoms with E-state index >= 15 is 0 Å². The van der Waals surface area contributed by atoms with E-state index in [9.17, 15) is 0 Å². The van der Waals surface area contributed by atoms with Crippen LogP contribution in [0.5, 0.6) is 0 Å². The van der Waals surface area contributed by atoms with E-state index in [1.807, 2.05) is 0 Å². The molecule has 2 aromatic rings. The lowest BCUT2D eigenvalue weighted by Crippen LogP contribution is -1.74. The van der Waals surface area contributed by atoms with Crippen LogP contribution in [0.25, 0.3) is 0 Å². The van der Waals surface area contributed by atoms with E-state index in [1.54, 1.807) is 0 Å². The second-order valence-corrected chi connectivity index (χ2v) is 5.02. The van der Waals surface area contributed by atoms with Crippen molar-refractivity contribution < 1.29 is 14.4 Å². The Morgan fingerprint density at radius 3 is 0.900 bits per heavy atom. The quantitative estimate of drug-likeness (QED) is 0.723. The summed E-state index contributed by atoms with van der Waals surface area (Å²) in [5, 5.41) is 0. The van der Waals surface area contributed by atoms with Crippen LogP contribution in [0.2, 0.25) is 0 Å². The highest BCUT2D eigenvalue weighted by molar-refractivity contribution is 7.30. The Balaban J connectivity index is 0.000000289. The lowest BCUT2D eigenvalue weighted by molar-refractivity contribution is 0.405. The van der Waals surface area contributed by atoms with Gasteiger partial charge in [0.1, 0.15) is 0 Å². The zero-order chi connectivity index (χ0) is 15.5. The van der Waals surface area contributed by atoms with E-state index in [1.165, 1.54) is 22.3 Å². The minimum atomic E-state index is -3.13. The second-order valence-electron chi connectivity index (χ2n) is 4.45. The summed E-state index contributed by atoms with van der Waals surface area (Å²) in [6.45, 7) is 8.48. The van der Waals surface area contributed by atoms with Crippen LogP contribution < -0.4 is 0 Å². The van der Waals surface area contributed by atoms with Crippen LogP contribution in [-0.4, -0.2) is 9.79 Å². The van der Waals surface area contributed by atoms with Gasteiger partial charge in [-0.3, -0.25) is 4.57 Å². The first-order chi connectivity index (χ1) is 9.34. The zero-order valence-corrected chi connectivity index (χ0v) is 13.4. The Labute approximate surface area is 121 Å². The molecule has 2 aromatic carbocycles. The van der Waals surface area contributed by atoms with Gasteiger partial charge < -0.3 is 9.79 Å². The maximum Gasteiger partial charge on any atom is 0.314 e. The van der Waals surface area contributed by atoms with Gasteiger partial charge in [0.25, 0.3) is 0 Å².